The Hall–Kier alpha value is -1.83. The lowest BCUT2D eigenvalue weighted by Gasteiger charge is -2.09. The van der Waals surface area contributed by atoms with Crippen molar-refractivity contribution in [3.8, 4) is 0 Å². The van der Waals surface area contributed by atoms with Crippen LogP contribution in [0.25, 0.3) is 0 Å². The Morgan fingerprint density at radius 1 is 0.941 bits per heavy atom. The molecule has 2 aromatic carbocycles. The van der Waals surface area contributed by atoms with Crippen LogP contribution in [0.15, 0.2) is 48.5 Å². The monoisotopic (exact) mass is 229 g/mol. The quantitative estimate of drug-likeness (QED) is 0.804. The van der Waals surface area contributed by atoms with Crippen LogP contribution in [0.1, 0.15) is 25.3 Å². The van der Waals surface area contributed by atoms with Gasteiger partial charge in [-0.3, -0.25) is 0 Å². The maximum absolute atomic E-state index is 13.0. The third-order valence-electron chi connectivity index (χ3n) is 2.69. The van der Waals surface area contributed by atoms with E-state index in [1.165, 1.54) is 17.7 Å². The van der Waals surface area contributed by atoms with Crippen molar-refractivity contribution < 1.29 is 4.39 Å². The van der Waals surface area contributed by atoms with Crippen LogP contribution in [0.3, 0.4) is 0 Å². The standard InChI is InChI=1S/C15H16FN/c1-11(2)12-6-8-14(9-7-12)17-15-5-3-4-13(16)10-15/h3-11,17H,1-2H3. The Bertz CT molecular complexity index is 489. The van der Waals surface area contributed by atoms with E-state index in [1.807, 2.05) is 18.2 Å². The zero-order valence-corrected chi connectivity index (χ0v) is 10.1. The van der Waals surface area contributed by atoms with Gasteiger partial charge in [0.1, 0.15) is 5.82 Å². The lowest BCUT2D eigenvalue weighted by molar-refractivity contribution is 0.628. The van der Waals surface area contributed by atoms with Gasteiger partial charge < -0.3 is 5.32 Å². The molecule has 0 aromatic heterocycles. The van der Waals surface area contributed by atoms with Crippen LogP contribution in [0, 0.1) is 5.82 Å². The van der Waals surface area contributed by atoms with Crippen LogP contribution in [0.5, 0.6) is 0 Å². The maximum atomic E-state index is 13.0. The maximum Gasteiger partial charge on any atom is 0.125 e. The SMILES string of the molecule is CC(C)c1ccc(Nc2cccc(F)c2)cc1. The van der Waals surface area contributed by atoms with Crippen molar-refractivity contribution in [3.63, 3.8) is 0 Å². The summed E-state index contributed by atoms with van der Waals surface area (Å²) in [6.07, 6.45) is 0. The minimum Gasteiger partial charge on any atom is -0.355 e. The summed E-state index contributed by atoms with van der Waals surface area (Å²) in [4.78, 5) is 0. The minimum atomic E-state index is -0.228. The molecule has 17 heavy (non-hydrogen) atoms. The number of hydrogen-bond acceptors (Lipinski definition) is 1. The summed E-state index contributed by atoms with van der Waals surface area (Å²) in [6, 6.07) is 14.7. The molecule has 0 saturated carbocycles. The fraction of sp³-hybridized carbons (Fsp3) is 0.200. The zero-order chi connectivity index (χ0) is 12.3. The average molecular weight is 229 g/mol. The molecule has 0 saturated heterocycles. The van der Waals surface area contributed by atoms with Crippen molar-refractivity contribution in [2.75, 3.05) is 5.32 Å². The second-order valence-corrected chi connectivity index (χ2v) is 4.41. The zero-order valence-electron chi connectivity index (χ0n) is 10.1. The first-order valence-corrected chi connectivity index (χ1v) is 5.78. The summed E-state index contributed by atoms with van der Waals surface area (Å²) in [5.41, 5.74) is 3.04. The van der Waals surface area contributed by atoms with Gasteiger partial charge in [0, 0.05) is 11.4 Å². The highest BCUT2D eigenvalue weighted by Gasteiger charge is 1.99. The van der Waals surface area contributed by atoms with E-state index in [0.29, 0.717) is 5.92 Å². The number of halogens is 1. The summed E-state index contributed by atoms with van der Waals surface area (Å²) >= 11 is 0. The summed E-state index contributed by atoms with van der Waals surface area (Å²) in [5, 5.41) is 3.17. The molecular formula is C15H16FN. The molecule has 1 N–H and O–H groups in total. The molecule has 88 valence electrons. The van der Waals surface area contributed by atoms with Gasteiger partial charge in [-0.05, 0) is 41.8 Å². The summed E-state index contributed by atoms with van der Waals surface area (Å²) in [6.45, 7) is 4.32. The van der Waals surface area contributed by atoms with E-state index in [1.54, 1.807) is 6.07 Å². The molecule has 0 aliphatic rings. The van der Waals surface area contributed by atoms with E-state index in [2.05, 4.69) is 31.3 Å². The van der Waals surface area contributed by atoms with Crippen molar-refractivity contribution in [2.24, 2.45) is 0 Å². The van der Waals surface area contributed by atoms with E-state index in [-0.39, 0.29) is 5.82 Å². The van der Waals surface area contributed by atoms with Gasteiger partial charge in [0.2, 0.25) is 0 Å². The fourth-order valence-electron chi connectivity index (χ4n) is 1.68. The second-order valence-electron chi connectivity index (χ2n) is 4.41. The Balaban J connectivity index is 2.14. The highest BCUT2D eigenvalue weighted by Crippen LogP contribution is 2.20. The molecule has 0 aliphatic heterocycles. The molecule has 2 aromatic rings. The highest BCUT2D eigenvalue weighted by atomic mass is 19.1. The van der Waals surface area contributed by atoms with Crippen molar-refractivity contribution in [1.29, 1.82) is 0 Å². The Kier molecular flexibility index (Phi) is 3.43. The van der Waals surface area contributed by atoms with Crippen LogP contribution in [-0.4, -0.2) is 0 Å². The van der Waals surface area contributed by atoms with Gasteiger partial charge in [0.05, 0.1) is 0 Å². The van der Waals surface area contributed by atoms with Crippen LogP contribution < -0.4 is 5.32 Å². The van der Waals surface area contributed by atoms with Crippen LogP contribution in [0.4, 0.5) is 15.8 Å². The molecule has 2 rings (SSSR count). The number of anilines is 2. The highest BCUT2D eigenvalue weighted by molar-refractivity contribution is 5.59. The molecule has 0 bridgehead atoms. The third-order valence-corrected chi connectivity index (χ3v) is 2.69. The molecule has 0 amide bonds. The largest absolute Gasteiger partial charge is 0.355 e. The normalized spacial score (nSPS) is 10.6. The van der Waals surface area contributed by atoms with E-state index in [9.17, 15) is 4.39 Å². The number of benzene rings is 2. The molecule has 0 atom stereocenters. The summed E-state index contributed by atoms with van der Waals surface area (Å²) in [5.74, 6) is 0.298. The summed E-state index contributed by atoms with van der Waals surface area (Å²) in [7, 11) is 0. The van der Waals surface area contributed by atoms with Gasteiger partial charge in [0.25, 0.3) is 0 Å². The smallest absolute Gasteiger partial charge is 0.125 e. The van der Waals surface area contributed by atoms with E-state index >= 15 is 0 Å². The number of rotatable bonds is 3. The van der Waals surface area contributed by atoms with E-state index in [4.69, 9.17) is 0 Å². The van der Waals surface area contributed by atoms with Gasteiger partial charge >= 0.3 is 0 Å². The Morgan fingerprint density at radius 2 is 1.65 bits per heavy atom. The van der Waals surface area contributed by atoms with Crippen molar-refractivity contribution in [1.82, 2.24) is 0 Å². The van der Waals surface area contributed by atoms with Gasteiger partial charge in [-0.25, -0.2) is 4.39 Å². The molecular weight excluding hydrogens is 213 g/mol. The fourth-order valence-corrected chi connectivity index (χ4v) is 1.68. The lowest BCUT2D eigenvalue weighted by Crippen LogP contribution is -1.92. The molecule has 0 heterocycles. The molecule has 0 unspecified atom stereocenters. The molecule has 1 nitrogen and oxygen atoms in total. The van der Waals surface area contributed by atoms with Crippen molar-refractivity contribution in [2.45, 2.75) is 19.8 Å². The third kappa shape index (κ3) is 3.06. The molecule has 0 fully saturated rings. The van der Waals surface area contributed by atoms with E-state index < -0.39 is 0 Å². The second kappa shape index (κ2) is 5.00. The molecule has 0 spiro atoms. The molecule has 0 aliphatic carbocycles. The first kappa shape index (κ1) is 11.6. The van der Waals surface area contributed by atoms with Crippen LogP contribution in [0.2, 0.25) is 0 Å². The van der Waals surface area contributed by atoms with Gasteiger partial charge in [-0.15, -0.1) is 0 Å². The number of nitrogens with one attached hydrogen (secondary N) is 1. The first-order valence-electron chi connectivity index (χ1n) is 5.78. The lowest BCUT2D eigenvalue weighted by atomic mass is 10.0. The molecule has 0 radical (unpaired) electrons. The predicted molar refractivity (Wildman–Crippen MR) is 70.2 cm³/mol. The van der Waals surface area contributed by atoms with Crippen LogP contribution >= 0.6 is 0 Å². The topological polar surface area (TPSA) is 12.0 Å². The minimum absolute atomic E-state index is 0.228. The van der Waals surface area contributed by atoms with Crippen molar-refractivity contribution in [3.05, 3.63) is 59.9 Å². The van der Waals surface area contributed by atoms with E-state index in [0.717, 1.165) is 11.4 Å². The predicted octanol–water partition coefficient (Wildman–Crippen LogP) is 4.69. The van der Waals surface area contributed by atoms with Gasteiger partial charge in [-0.2, -0.15) is 0 Å². The summed E-state index contributed by atoms with van der Waals surface area (Å²) < 4.78 is 13.0. The van der Waals surface area contributed by atoms with Crippen LogP contribution in [-0.2, 0) is 0 Å². The van der Waals surface area contributed by atoms with Gasteiger partial charge in [0.15, 0.2) is 0 Å². The van der Waals surface area contributed by atoms with Crippen molar-refractivity contribution >= 4 is 11.4 Å². The number of hydrogen-bond donors (Lipinski definition) is 1. The van der Waals surface area contributed by atoms with Gasteiger partial charge in [-0.1, -0.05) is 32.0 Å². The Labute approximate surface area is 101 Å². The molecule has 2 heteroatoms. The Morgan fingerprint density at radius 3 is 2.24 bits per heavy atom. The average Bonchev–Trinajstić information content (AvgIpc) is 2.29. The first-order chi connectivity index (χ1) is 8.15.